The molecule has 0 aliphatic heterocycles. The van der Waals surface area contributed by atoms with E-state index >= 15 is 0 Å². The van der Waals surface area contributed by atoms with Crippen molar-refractivity contribution in [3.05, 3.63) is 30.9 Å². The van der Waals surface area contributed by atoms with Crippen LogP contribution in [0.5, 0.6) is 11.5 Å². The lowest BCUT2D eigenvalue weighted by Gasteiger charge is -2.07. The largest absolute Gasteiger partial charge is 0.497 e. The SMILES string of the molecule is COc1ccc(OC)c(-c2cocn2)c1. The third-order valence-corrected chi connectivity index (χ3v) is 2.11. The highest BCUT2D eigenvalue weighted by atomic mass is 16.5. The van der Waals surface area contributed by atoms with Crippen molar-refractivity contribution in [3.8, 4) is 22.8 Å². The molecule has 2 aromatic rings. The Hall–Kier alpha value is -1.97. The summed E-state index contributed by atoms with van der Waals surface area (Å²) in [5.74, 6) is 1.50. The highest BCUT2D eigenvalue weighted by Crippen LogP contribution is 2.32. The first-order valence-electron chi connectivity index (χ1n) is 4.45. The van der Waals surface area contributed by atoms with Crippen LogP contribution < -0.4 is 9.47 Å². The molecular formula is C11H11NO3. The molecule has 0 N–H and O–H groups in total. The van der Waals surface area contributed by atoms with Crippen molar-refractivity contribution in [3.63, 3.8) is 0 Å². The Morgan fingerprint density at radius 3 is 2.67 bits per heavy atom. The van der Waals surface area contributed by atoms with Crippen molar-refractivity contribution in [2.24, 2.45) is 0 Å². The second-order valence-electron chi connectivity index (χ2n) is 2.94. The Morgan fingerprint density at radius 1 is 1.20 bits per heavy atom. The Labute approximate surface area is 87.5 Å². The Morgan fingerprint density at radius 2 is 2.07 bits per heavy atom. The lowest BCUT2D eigenvalue weighted by molar-refractivity contribution is 0.404. The molecule has 0 unspecified atom stereocenters. The van der Waals surface area contributed by atoms with Gasteiger partial charge in [0, 0.05) is 5.56 Å². The lowest BCUT2D eigenvalue weighted by Crippen LogP contribution is -1.90. The molecule has 0 saturated heterocycles. The van der Waals surface area contributed by atoms with Crippen LogP contribution in [0.2, 0.25) is 0 Å². The van der Waals surface area contributed by atoms with Gasteiger partial charge in [-0.1, -0.05) is 0 Å². The third-order valence-electron chi connectivity index (χ3n) is 2.11. The first-order chi connectivity index (χ1) is 7.35. The van der Waals surface area contributed by atoms with Crippen LogP contribution in [-0.2, 0) is 0 Å². The van der Waals surface area contributed by atoms with E-state index in [4.69, 9.17) is 13.9 Å². The number of oxazole rings is 1. The number of nitrogens with zero attached hydrogens (tertiary/aromatic N) is 1. The molecule has 0 spiro atoms. The van der Waals surface area contributed by atoms with Crippen molar-refractivity contribution in [1.29, 1.82) is 0 Å². The topological polar surface area (TPSA) is 44.5 Å². The van der Waals surface area contributed by atoms with Gasteiger partial charge < -0.3 is 13.9 Å². The summed E-state index contributed by atoms with van der Waals surface area (Å²) in [5, 5.41) is 0. The lowest BCUT2D eigenvalue weighted by atomic mass is 10.1. The summed E-state index contributed by atoms with van der Waals surface area (Å²) in [4.78, 5) is 4.07. The molecule has 0 fully saturated rings. The molecule has 1 heterocycles. The predicted octanol–water partition coefficient (Wildman–Crippen LogP) is 2.36. The van der Waals surface area contributed by atoms with Gasteiger partial charge in [-0.25, -0.2) is 4.98 Å². The predicted molar refractivity (Wildman–Crippen MR) is 55.0 cm³/mol. The number of hydrogen-bond acceptors (Lipinski definition) is 4. The summed E-state index contributed by atoms with van der Waals surface area (Å²) < 4.78 is 15.3. The first kappa shape index (κ1) is 9.58. The van der Waals surface area contributed by atoms with E-state index in [-0.39, 0.29) is 0 Å². The molecule has 4 heteroatoms. The van der Waals surface area contributed by atoms with E-state index in [0.717, 1.165) is 22.8 Å². The second-order valence-corrected chi connectivity index (χ2v) is 2.94. The molecular weight excluding hydrogens is 194 g/mol. The molecule has 0 saturated carbocycles. The fraction of sp³-hybridized carbons (Fsp3) is 0.182. The normalized spacial score (nSPS) is 10.0. The molecule has 15 heavy (non-hydrogen) atoms. The van der Waals surface area contributed by atoms with Gasteiger partial charge >= 0.3 is 0 Å². The Kier molecular flexibility index (Phi) is 2.58. The van der Waals surface area contributed by atoms with Gasteiger partial charge in [-0.2, -0.15) is 0 Å². The van der Waals surface area contributed by atoms with E-state index < -0.39 is 0 Å². The van der Waals surface area contributed by atoms with Crippen molar-refractivity contribution in [2.75, 3.05) is 14.2 Å². The van der Waals surface area contributed by atoms with E-state index in [1.54, 1.807) is 20.5 Å². The van der Waals surface area contributed by atoms with Crippen molar-refractivity contribution >= 4 is 0 Å². The minimum absolute atomic E-state index is 0.728. The molecule has 0 aliphatic carbocycles. The molecule has 0 atom stereocenters. The molecule has 4 nitrogen and oxygen atoms in total. The van der Waals surface area contributed by atoms with Crippen LogP contribution in [0.1, 0.15) is 0 Å². The summed E-state index contributed by atoms with van der Waals surface area (Å²) >= 11 is 0. The summed E-state index contributed by atoms with van der Waals surface area (Å²) in [5.41, 5.74) is 1.58. The van der Waals surface area contributed by atoms with Crippen LogP contribution in [0.25, 0.3) is 11.3 Å². The van der Waals surface area contributed by atoms with Gasteiger partial charge in [0.05, 0.1) is 14.2 Å². The molecule has 0 radical (unpaired) electrons. The van der Waals surface area contributed by atoms with E-state index in [2.05, 4.69) is 4.98 Å². The number of aromatic nitrogens is 1. The average molecular weight is 205 g/mol. The van der Waals surface area contributed by atoms with Gasteiger partial charge in [0.2, 0.25) is 0 Å². The molecule has 1 aromatic heterocycles. The maximum Gasteiger partial charge on any atom is 0.181 e. The van der Waals surface area contributed by atoms with Gasteiger partial charge in [-0.3, -0.25) is 0 Å². The molecule has 2 rings (SSSR count). The van der Waals surface area contributed by atoms with E-state index in [0.29, 0.717) is 0 Å². The number of ether oxygens (including phenoxy) is 2. The van der Waals surface area contributed by atoms with Crippen LogP contribution in [0.15, 0.2) is 35.3 Å². The minimum Gasteiger partial charge on any atom is -0.497 e. The summed E-state index contributed by atoms with van der Waals surface area (Å²) in [6, 6.07) is 5.53. The van der Waals surface area contributed by atoms with Gasteiger partial charge in [0.25, 0.3) is 0 Å². The highest BCUT2D eigenvalue weighted by Gasteiger charge is 2.09. The smallest absolute Gasteiger partial charge is 0.181 e. The first-order valence-corrected chi connectivity index (χ1v) is 4.45. The average Bonchev–Trinajstić information content (AvgIpc) is 2.81. The number of methoxy groups -OCH3 is 2. The van der Waals surface area contributed by atoms with Crippen molar-refractivity contribution < 1.29 is 13.9 Å². The summed E-state index contributed by atoms with van der Waals surface area (Å²) in [6.45, 7) is 0. The van der Waals surface area contributed by atoms with Crippen LogP contribution in [0, 0.1) is 0 Å². The Bertz CT molecular complexity index is 437. The molecule has 0 bridgehead atoms. The highest BCUT2D eigenvalue weighted by molar-refractivity contribution is 5.68. The monoisotopic (exact) mass is 205 g/mol. The molecule has 0 amide bonds. The minimum atomic E-state index is 0.728. The fourth-order valence-corrected chi connectivity index (χ4v) is 1.36. The van der Waals surface area contributed by atoms with Crippen LogP contribution >= 0.6 is 0 Å². The van der Waals surface area contributed by atoms with Crippen LogP contribution in [0.3, 0.4) is 0 Å². The molecule has 1 aromatic carbocycles. The number of hydrogen-bond donors (Lipinski definition) is 0. The van der Waals surface area contributed by atoms with Crippen LogP contribution in [0.4, 0.5) is 0 Å². The zero-order chi connectivity index (χ0) is 10.7. The summed E-state index contributed by atoms with van der Waals surface area (Å²) in [7, 11) is 3.24. The maximum atomic E-state index is 5.23. The zero-order valence-corrected chi connectivity index (χ0v) is 8.56. The van der Waals surface area contributed by atoms with Gasteiger partial charge in [0.1, 0.15) is 23.5 Å². The standard InChI is InChI=1S/C11H11NO3/c1-13-8-3-4-11(14-2)9(5-8)10-6-15-7-12-10/h3-7H,1-2H3. The number of benzene rings is 1. The summed E-state index contributed by atoms with van der Waals surface area (Å²) in [6.07, 6.45) is 2.95. The third kappa shape index (κ3) is 1.79. The van der Waals surface area contributed by atoms with Gasteiger partial charge in [-0.15, -0.1) is 0 Å². The Balaban J connectivity index is 2.52. The molecule has 78 valence electrons. The second kappa shape index (κ2) is 4.04. The quantitative estimate of drug-likeness (QED) is 0.771. The zero-order valence-electron chi connectivity index (χ0n) is 8.56. The maximum absolute atomic E-state index is 5.23. The van der Waals surface area contributed by atoms with E-state index in [9.17, 15) is 0 Å². The number of rotatable bonds is 3. The van der Waals surface area contributed by atoms with Gasteiger partial charge in [0.15, 0.2) is 6.39 Å². The van der Waals surface area contributed by atoms with E-state index in [1.165, 1.54) is 6.39 Å². The van der Waals surface area contributed by atoms with Gasteiger partial charge in [-0.05, 0) is 18.2 Å². The van der Waals surface area contributed by atoms with Crippen molar-refractivity contribution in [1.82, 2.24) is 4.98 Å². The van der Waals surface area contributed by atoms with Crippen molar-refractivity contribution in [2.45, 2.75) is 0 Å². The van der Waals surface area contributed by atoms with E-state index in [1.807, 2.05) is 18.2 Å². The van der Waals surface area contributed by atoms with Crippen LogP contribution in [-0.4, -0.2) is 19.2 Å². The molecule has 0 aliphatic rings. The fourth-order valence-electron chi connectivity index (χ4n) is 1.36.